The molecule has 0 atom stereocenters. The second-order valence-corrected chi connectivity index (χ2v) is 6.79. The van der Waals surface area contributed by atoms with Crippen molar-refractivity contribution in [1.82, 2.24) is 5.32 Å². The van der Waals surface area contributed by atoms with Crippen LogP contribution in [-0.2, 0) is 13.1 Å². The van der Waals surface area contributed by atoms with Crippen LogP contribution < -0.4 is 10.2 Å². The second kappa shape index (κ2) is 5.70. The first-order valence-electron chi connectivity index (χ1n) is 7.36. The first-order valence-corrected chi connectivity index (χ1v) is 7.74. The summed E-state index contributed by atoms with van der Waals surface area (Å²) in [7, 11) is 0. The Morgan fingerprint density at radius 1 is 1.10 bits per heavy atom. The lowest BCUT2D eigenvalue weighted by molar-refractivity contribution is 0.395. The van der Waals surface area contributed by atoms with Gasteiger partial charge in [0.15, 0.2) is 0 Å². The van der Waals surface area contributed by atoms with Gasteiger partial charge in [-0.05, 0) is 43.2 Å². The molecule has 0 bridgehead atoms. The van der Waals surface area contributed by atoms with E-state index in [0.717, 1.165) is 24.7 Å². The molecule has 2 nitrogen and oxygen atoms in total. The molecule has 0 aromatic heterocycles. The number of benzene rings is 2. The van der Waals surface area contributed by atoms with Gasteiger partial charge in [0.1, 0.15) is 0 Å². The average molecular weight is 301 g/mol. The first-order chi connectivity index (χ1) is 10.0. The van der Waals surface area contributed by atoms with E-state index in [1.165, 1.54) is 16.8 Å². The van der Waals surface area contributed by atoms with E-state index in [4.69, 9.17) is 11.6 Å². The highest BCUT2D eigenvalue weighted by Crippen LogP contribution is 2.28. The topological polar surface area (TPSA) is 15.3 Å². The molecule has 110 valence electrons. The zero-order valence-corrected chi connectivity index (χ0v) is 13.3. The van der Waals surface area contributed by atoms with Crippen LogP contribution in [-0.4, -0.2) is 12.1 Å². The van der Waals surface area contributed by atoms with Crippen molar-refractivity contribution in [3.05, 3.63) is 64.7 Å². The van der Waals surface area contributed by atoms with Gasteiger partial charge in [-0.1, -0.05) is 41.9 Å². The molecule has 0 spiro atoms. The normalized spacial score (nSPS) is 17.2. The number of fused-ring (bicyclic) bond motifs is 1. The van der Waals surface area contributed by atoms with Crippen molar-refractivity contribution in [3.63, 3.8) is 0 Å². The highest BCUT2D eigenvalue weighted by atomic mass is 35.5. The summed E-state index contributed by atoms with van der Waals surface area (Å²) in [6.45, 7) is 7.31. The number of halogens is 1. The lowest BCUT2D eigenvalue weighted by atomic mass is 10.0. The monoisotopic (exact) mass is 300 g/mol. The summed E-state index contributed by atoms with van der Waals surface area (Å²) in [5.74, 6) is 0. The minimum absolute atomic E-state index is 0.0887. The van der Waals surface area contributed by atoms with Crippen LogP contribution in [0.5, 0.6) is 0 Å². The Kier molecular flexibility index (Phi) is 3.92. The van der Waals surface area contributed by atoms with Crippen LogP contribution in [0.3, 0.4) is 0 Å². The third kappa shape index (κ3) is 3.39. The quantitative estimate of drug-likeness (QED) is 0.893. The van der Waals surface area contributed by atoms with Crippen molar-refractivity contribution < 1.29 is 0 Å². The molecule has 0 amide bonds. The van der Waals surface area contributed by atoms with E-state index >= 15 is 0 Å². The van der Waals surface area contributed by atoms with E-state index in [9.17, 15) is 0 Å². The maximum absolute atomic E-state index is 5.98. The summed E-state index contributed by atoms with van der Waals surface area (Å²) in [5.41, 5.74) is 4.06. The Morgan fingerprint density at radius 2 is 1.81 bits per heavy atom. The van der Waals surface area contributed by atoms with Crippen LogP contribution in [0.15, 0.2) is 48.5 Å². The fraction of sp³-hybridized carbons (Fsp3) is 0.333. The van der Waals surface area contributed by atoms with Gasteiger partial charge in [-0.3, -0.25) is 0 Å². The predicted octanol–water partition coefficient (Wildman–Crippen LogP) is 4.23. The summed E-state index contributed by atoms with van der Waals surface area (Å²) in [6.07, 6.45) is 0. The fourth-order valence-electron chi connectivity index (χ4n) is 2.87. The molecule has 3 rings (SSSR count). The highest BCUT2D eigenvalue weighted by molar-refractivity contribution is 6.30. The van der Waals surface area contributed by atoms with E-state index in [-0.39, 0.29) is 5.54 Å². The molecular weight excluding hydrogens is 280 g/mol. The van der Waals surface area contributed by atoms with Crippen molar-refractivity contribution in [3.8, 4) is 0 Å². The van der Waals surface area contributed by atoms with E-state index < -0.39 is 0 Å². The summed E-state index contributed by atoms with van der Waals surface area (Å²) >= 11 is 5.98. The Bertz CT molecular complexity index is 619. The number of rotatable bonds is 2. The Morgan fingerprint density at radius 3 is 2.57 bits per heavy atom. The van der Waals surface area contributed by atoms with Crippen LogP contribution in [0.25, 0.3) is 0 Å². The van der Waals surface area contributed by atoms with Gasteiger partial charge in [-0.15, -0.1) is 0 Å². The average Bonchev–Trinajstić information content (AvgIpc) is 2.59. The maximum atomic E-state index is 5.98. The molecule has 1 aliphatic heterocycles. The number of hydrogen-bond donors (Lipinski definition) is 1. The van der Waals surface area contributed by atoms with Gasteiger partial charge in [0.2, 0.25) is 0 Å². The lowest BCUT2D eigenvalue weighted by Gasteiger charge is -2.32. The van der Waals surface area contributed by atoms with Crippen LogP contribution >= 0.6 is 11.6 Å². The lowest BCUT2D eigenvalue weighted by Crippen LogP contribution is -2.46. The second-order valence-electron chi connectivity index (χ2n) is 6.35. The largest absolute Gasteiger partial charge is 0.365 e. The minimum Gasteiger partial charge on any atom is -0.365 e. The van der Waals surface area contributed by atoms with E-state index in [1.807, 2.05) is 12.1 Å². The summed E-state index contributed by atoms with van der Waals surface area (Å²) in [4.78, 5) is 2.46. The third-order valence-electron chi connectivity index (χ3n) is 3.96. The van der Waals surface area contributed by atoms with Crippen molar-refractivity contribution in [2.75, 3.05) is 11.4 Å². The molecule has 21 heavy (non-hydrogen) atoms. The molecule has 1 N–H and O–H groups in total. The number of para-hydroxylation sites is 1. The van der Waals surface area contributed by atoms with Gasteiger partial charge in [0.05, 0.1) is 0 Å². The zero-order chi connectivity index (χ0) is 14.9. The van der Waals surface area contributed by atoms with Crippen molar-refractivity contribution in [2.45, 2.75) is 32.5 Å². The van der Waals surface area contributed by atoms with Gasteiger partial charge < -0.3 is 10.2 Å². The molecule has 1 heterocycles. The van der Waals surface area contributed by atoms with E-state index in [0.29, 0.717) is 0 Å². The molecule has 2 aromatic carbocycles. The number of nitrogens with zero attached hydrogens (tertiary/aromatic N) is 1. The molecule has 3 heteroatoms. The van der Waals surface area contributed by atoms with Crippen LogP contribution in [0.4, 0.5) is 5.69 Å². The smallest absolute Gasteiger partial charge is 0.0430 e. The van der Waals surface area contributed by atoms with Crippen LogP contribution in [0.2, 0.25) is 5.02 Å². The molecule has 0 fully saturated rings. The Balaban J connectivity index is 1.92. The fourth-order valence-corrected chi connectivity index (χ4v) is 3.00. The number of hydrogen-bond acceptors (Lipinski definition) is 2. The SMILES string of the molecule is CC1(C)CN(Cc2ccc(Cl)cc2)c2ccccc2CN1. The molecule has 0 aliphatic carbocycles. The molecule has 0 radical (unpaired) electrons. The summed E-state index contributed by atoms with van der Waals surface area (Å²) in [5, 5.41) is 4.43. The van der Waals surface area contributed by atoms with Gasteiger partial charge >= 0.3 is 0 Å². The van der Waals surface area contributed by atoms with Crippen LogP contribution in [0.1, 0.15) is 25.0 Å². The highest BCUT2D eigenvalue weighted by Gasteiger charge is 2.26. The van der Waals surface area contributed by atoms with Gasteiger partial charge in [0.25, 0.3) is 0 Å². The number of nitrogens with one attached hydrogen (secondary N) is 1. The maximum Gasteiger partial charge on any atom is 0.0430 e. The van der Waals surface area contributed by atoms with Crippen molar-refractivity contribution in [2.24, 2.45) is 0 Å². The standard InChI is InChI=1S/C18H21ClN2/c1-18(2)13-21(12-14-7-9-16(19)10-8-14)17-6-4-3-5-15(17)11-20-18/h3-10,20H,11-13H2,1-2H3. The molecule has 0 saturated heterocycles. The van der Waals surface area contributed by atoms with E-state index in [1.54, 1.807) is 0 Å². The van der Waals surface area contributed by atoms with Gasteiger partial charge in [-0.25, -0.2) is 0 Å². The molecule has 0 saturated carbocycles. The predicted molar refractivity (Wildman–Crippen MR) is 89.9 cm³/mol. The zero-order valence-electron chi connectivity index (χ0n) is 12.6. The third-order valence-corrected chi connectivity index (χ3v) is 4.21. The summed E-state index contributed by atoms with van der Waals surface area (Å²) in [6, 6.07) is 16.8. The molecule has 1 aliphatic rings. The van der Waals surface area contributed by atoms with Crippen LogP contribution in [0, 0.1) is 0 Å². The van der Waals surface area contributed by atoms with Crippen molar-refractivity contribution >= 4 is 17.3 Å². The Labute approximate surface area is 131 Å². The first kappa shape index (κ1) is 14.4. The van der Waals surface area contributed by atoms with Gasteiger partial charge in [0, 0.05) is 35.9 Å². The van der Waals surface area contributed by atoms with Gasteiger partial charge in [-0.2, -0.15) is 0 Å². The summed E-state index contributed by atoms with van der Waals surface area (Å²) < 4.78 is 0. The minimum atomic E-state index is 0.0887. The molecule has 2 aromatic rings. The Hall–Kier alpha value is -1.51. The molecular formula is C18H21ClN2. The molecule has 0 unspecified atom stereocenters. The van der Waals surface area contributed by atoms with E-state index in [2.05, 4.69) is 60.5 Å². The van der Waals surface area contributed by atoms with Crippen molar-refractivity contribution in [1.29, 1.82) is 0 Å². The number of anilines is 1.